The number of aromatic hydroxyl groups is 1. The number of esters is 2. The molecule has 2 aromatic carbocycles. The lowest BCUT2D eigenvalue weighted by Gasteiger charge is -2.24. The average Bonchev–Trinajstić information content (AvgIpc) is 2.88. The summed E-state index contributed by atoms with van der Waals surface area (Å²) in [6.07, 6.45) is 0.828. The van der Waals surface area contributed by atoms with Gasteiger partial charge in [0.2, 0.25) is 0 Å². The number of carbonyl (C=O) groups excluding carboxylic acids is 3. The molecule has 0 radical (unpaired) electrons. The molecule has 1 amide bonds. The van der Waals surface area contributed by atoms with Crippen molar-refractivity contribution >= 4 is 41.0 Å². The number of piperazine rings is 1. The molecule has 1 fully saturated rings. The number of rotatable bonds is 10. The first kappa shape index (κ1) is 27.7. The van der Waals surface area contributed by atoms with Crippen LogP contribution in [0.2, 0.25) is 10.0 Å². The van der Waals surface area contributed by atoms with Crippen molar-refractivity contribution in [1.29, 1.82) is 0 Å². The van der Waals surface area contributed by atoms with Crippen molar-refractivity contribution in [2.45, 2.75) is 38.3 Å². The number of hydrogen-bond acceptors (Lipinski definition) is 8. The summed E-state index contributed by atoms with van der Waals surface area (Å²) >= 11 is 12.5. The summed E-state index contributed by atoms with van der Waals surface area (Å²) in [6.45, 7) is 4.23. The van der Waals surface area contributed by atoms with Crippen molar-refractivity contribution in [3.05, 3.63) is 57.6 Å². The standard InChI is InChI=1S/C25H29Cl2N3O6/c1-2-35-25(34)19(12-15-6-4-3-5-7-15)30-24(33)17-13-18(26)23(21(27)22(17)32)36-20(31)9-8-16-14-28-10-11-29-16/h3-7,13,16,19,28-29,32H,2,8-12,14H2,1H3,(H,30,33)/t16?,19-/m0/s1. The van der Waals surface area contributed by atoms with Crippen LogP contribution in [0.3, 0.4) is 0 Å². The van der Waals surface area contributed by atoms with Crippen LogP contribution in [-0.4, -0.2) is 61.3 Å². The smallest absolute Gasteiger partial charge is 0.328 e. The normalized spacial score (nSPS) is 16.1. The highest BCUT2D eigenvalue weighted by atomic mass is 35.5. The first-order valence-electron chi connectivity index (χ1n) is 11.7. The Morgan fingerprint density at radius 1 is 1.19 bits per heavy atom. The number of carbonyl (C=O) groups is 3. The molecule has 3 rings (SSSR count). The molecule has 4 N–H and O–H groups in total. The zero-order chi connectivity index (χ0) is 26.1. The highest BCUT2D eigenvalue weighted by Crippen LogP contribution is 2.42. The van der Waals surface area contributed by atoms with Crippen LogP contribution in [0.1, 0.15) is 35.7 Å². The van der Waals surface area contributed by atoms with Gasteiger partial charge in [-0.3, -0.25) is 9.59 Å². The van der Waals surface area contributed by atoms with Crippen LogP contribution in [0, 0.1) is 0 Å². The molecule has 0 spiro atoms. The maximum atomic E-state index is 13.0. The van der Waals surface area contributed by atoms with E-state index in [2.05, 4.69) is 16.0 Å². The molecule has 0 aromatic heterocycles. The second-order valence-corrected chi connectivity index (χ2v) is 9.02. The summed E-state index contributed by atoms with van der Waals surface area (Å²) in [7, 11) is 0. The van der Waals surface area contributed by atoms with Crippen LogP contribution in [0.15, 0.2) is 36.4 Å². The highest BCUT2D eigenvalue weighted by Gasteiger charge is 2.28. The molecule has 0 bridgehead atoms. The Bertz CT molecular complexity index is 1080. The van der Waals surface area contributed by atoms with Gasteiger partial charge in [-0.2, -0.15) is 0 Å². The zero-order valence-electron chi connectivity index (χ0n) is 19.8. The van der Waals surface area contributed by atoms with Gasteiger partial charge in [0.25, 0.3) is 5.91 Å². The molecule has 36 heavy (non-hydrogen) atoms. The molecule has 1 heterocycles. The third-order valence-corrected chi connectivity index (χ3v) is 6.22. The minimum atomic E-state index is -1.02. The number of hydrogen-bond donors (Lipinski definition) is 4. The molecule has 2 aromatic rings. The minimum Gasteiger partial charge on any atom is -0.505 e. The lowest BCUT2D eigenvalue weighted by molar-refractivity contribution is -0.145. The van der Waals surface area contributed by atoms with Gasteiger partial charge in [-0.15, -0.1) is 0 Å². The lowest BCUT2D eigenvalue weighted by atomic mass is 10.1. The van der Waals surface area contributed by atoms with Crippen LogP contribution in [0.25, 0.3) is 0 Å². The van der Waals surface area contributed by atoms with Gasteiger partial charge in [-0.1, -0.05) is 53.5 Å². The second kappa shape index (κ2) is 13.5. The Morgan fingerprint density at radius 3 is 2.61 bits per heavy atom. The van der Waals surface area contributed by atoms with E-state index < -0.39 is 29.6 Å². The van der Waals surface area contributed by atoms with Gasteiger partial charge >= 0.3 is 11.9 Å². The predicted molar refractivity (Wildman–Crippen MR) is 136 cm³/mol. The van der Waals surface area contributed by atoms with Gasteiger partial charge < -0.3 is 30.5 Å². The predicted octanol–water partition coefficient (Wildman–Crippen LogP) is 2.85. The van der Waals surface area contributed by atoms with E-state index in [0.717, 1.165) is 31.3 Å². The summed E-state index contributed by atoms with van der Waals surface area (Å²) in [6, 6.07) is 9.35. The number of amides is 1. The van der Waals surface area contributed by atoms with Crippen LogP contribution in [0.4, 0.5) is 0 Å². The molecule has 2 atom stereocenters. The first-order valence-corrected chi connectivity index (χ1v) is 12.4. The first-order chi connectivity index (χ1) is 17.3. The fourth-order valence-electron chi connectivity index (χ4n) is 3.75. The van der Waals surface area contributed by atoms with E-state index >= 15 is 0 Å². The summed E-state index contributed by atoms with van der Waals surface area (Å²) < 4.78 is 10.4. The molecule has 11 heteroatoms. The lowest BCUT2D eigenvalue weighted by Crippen LogP contribution is -2.48. The summed E-state index contributed by atoms with van der Waals surface area (Å²) in [5.74, 6) is -2.85. The molecular weight excluding hydrogens is 509 g/mol. The molecule has 1 aliphatic rings. The number of phenols is 1. The van der Waals surface area contributed by atoms with E-state index in [-0.39, 0.29) is 46.8 Å². The quantitative estimate of drug-likeness (QED) is 0.269. The van der Waals surface area contributed by atoms with Crippen molar-refractivity contribution in [3.63, 3.8) is 0 Å². The molecule has 0 aliphatic carbocycles. The maximum Gasteiger partial charge on any atom is 0.328 e. The topological polar surface area (TPSA) is 126 Å². The van der Waals surface area contributed by atoms with Crippen LogP contribution in [0.5, 0.6) is 11.5 Å². The van der Waals surface area contributed by atoms with E-state index in [4.69, 9.17) is 32.7 Å². The Kier molecular flexibility index (Phi) is 10.4. The number of benzene rings is 2. The van der Waals surface area contributed by atoms with E-state index in [9.17, 15) is 19.5 Å². The van der Waals surface area contributed by atoms with E-state index in [0.29, 0.717) is 6.42 Å². The molecule has 1 unspecified atom stereocenters. The van der Waals surface area contributed by atoms with Crippen LogP contribution >= 0.6 is 23.2 Å². The Hall–Kier alpha value is -2.85. The Labute approximate surface area is 219 Å². The fraction of sp³-hybridized carbons (Fsp3) is 0.400. The summed E-state index contributed by atoms with van der Waals surface area (Å²) in [4.78, 5) is 37.8. The van der Waals surface area contributed by atoms with Crippen molar-refractivity contribution in [2.24, 2.45) is 0 Å². The van der Waals surface area contributed by atoms with Crippen LogP contribution < -0.4 is 20.7 Å². The minimum absolute atomic E-state index is 0.107. The van der Waals surface area contributed by atoms with Gasteiger partial charge in [0, 0.05) is 38.5 Å². The molecule has 1 aliphatic heterocycles. The zero-order valence-corrected chi connectivity index (χ0v) is 21.3. The van der Waals surface area contributed by atoms with E-state index in [1.54, 1.807) is 6.92 Å². The summed E-state index contributed by atoms with van der Waals surface area (Å²) in [5.41, 5.74) is 0.530. The van der Waals surface area contributed by atoms with Gasteiger partial charge in [0.15, 0.2) is 11.5 Å². The molecular formula is C25H29Cl2N3O6. The number of nitrogens with one attached hydrogen (secondary N) is 3. The van der Waals surface area contributed by atoms with Crippen molar-refractivity contribution < 1.29 is 29.0 Å². The molecule has 1 saturated heterocycles. The highest BCUT2D eigenvalue weighted by molar-refractivity contribution is 6.39. The van der Waals surface area contributed by atoms with Gasteiger partial charge in [0.05, 0.1) is 17.2 Å². The Balaban J connectivity index is 1.71. The van der Waals surface area contributed by atoms with E-state index in [1.165, 1.54) is 0 Å². The molecule has 194 valence electrons. The number of phenolic OH excluding ortho intramolecular Hbond substituents is 1. The van der Waals surface area contributed by atoms with Gasteiger partial charge in [-0.25, -0.2) is 4.79 Å². The van der Waals surface area contributed by atoms with Crippen molar-refractivity contribution in [2.75, 3.05) is 26.2 Å². The fourth-order valence-corrected chi connectivity index (χ4v) is 4.29. The SMILES string of the molecule is CCOC(=O)[C@H](Cc1ccccc1)NC(=O)c1cc(Cl)c(OC(=O)CCC2CNCCN2)c(Cl)c1O. The third-order valence-electron chi connectivity index (χ3n) is 5.59. The third kappa shape index (κ3) is 7.57. The molecule has 0 saturated carbocycles. The largest absolute Gasteiger partial charge is 0.505 e. The average molecular weight is 538 g/mol. The summed E-state index contributed by atoms with van der Waals surface area (Å²) in [5, 5.41) is 19.2. The monoisotopic (exact) mass is 537 g/mol. The van der Waals surface area contributed by atoms with Crippen LogP contribution in [-0.2, 0) is 20.7 Å². The Morgan fingerprint density at radius 2 is 1.94 bits per heavy atom. The number of ether oxygens (including phenoxy) is 2. The van der Waals surface area contributed by atoms with E-state index in [1.807, 2.05) is 30.3 Å². The number of halogens is 2. The van der Waals surface area contributed by atoms with Gasteiger partial charge in [0.1, 0.15) is 11.1 Å². The van der Waals surface area contributed by atoms with Crippen molar-refractivity contribution in [3.8, 4) is 11.5 Å². The second-order valence-electron chi connectivity index (χ2n) is 8.23. The van der Waals surface area contributed by atoms with Gasteiger partial charge in [-0.05, 0) is 25.0 Å². The van der Waals surface area contributed by atoms with Crippen molar-refractivity contribution in [1.82, 2.24) is 16.0 Å². The maximum absolute atomic E-state index is 13.0. The molecule has 9 nitrogen and oxygen atoms in total.